The van der Waals surface area contributed by atoms with Gasteiger partial charge in [-0.1, -0.05) is 18.2 Å². The number of aromatic nitrogens is 3. The lowest BCUT2D eigenvalue weighted by Crippen LogP contribution is -2.03. The van der Waals surface area contributed by atoms with Crippen LogP contribution in [0.15, 0.2) is 55.0 Å². The van der Waals surface area contributed by atoms with Crippen molar-refractivity contribution in [3.63, 3.8) is 0 Å². The smallest absolute Gasteiger partial charge is 0.137 e. The van der Waals surface area contributed by atoms with Crippen molar-refractivity contribution in [2.75, 3.05) is 5.32 Å². The molecular formula is C14H12N4. The van der Waals surface area contributed by atoms with Crippen LogP contribution in [0.2, 0.25) is 0 Å². The van der Waals surface area contributed by atoms with Crippen LogP contribution >= 0.6 is 0 Å². The minimum Gasteiger partial charge on any atom is -0.364 e. The first-order chi connectivity index (χ1) is 8.93. The van der Waals surface area contributed by atoms with Crippen LogP contribution < -0.4 is 5.32 Å². The number of nitrogens with zero attached hydrogens (tertiary/aromatic N) is 3. The number of anilines is 1. The normalized spacial score (nSPS) is 10.4. The second-order valence-electron chi connectivity index (χ2n) is 3.91. The Morgan fingerprint density at radius 2 is 1.78 bits per heavy atom. The standard InChI is InChI=1S/C14H12N4/c1-2-7-13-12(6-1)14(18-10-17-13)16-9-11-5-3-4-8-15-11/h1-8,10H,9H2,(H,16,17,18). The van der Waals surface area contributed by atoms with E-state index < -0.39 is 0 Å². The Hall–Kier alpha value is -2.49. The highest BCUT2D eigenvalue weighted by atomic mass is 15.0. The topological polar surface area (TPSA) is 50.7 Å². The van der Waals surface area contributed by atoms with Crippen LogP contribution in [-0.2, 0) is 6.54 Å². The number of pyridine rings is 1. The number of nitrogens with one attached hydrogen (secondary N) is 1. The lowest BCUT2D eigenvalue weighted by atomic mass is 10.2. The first-order valence-corrected chi connectivity index (χ1v) is 5.77. The van der Waals surface area contributed by atoms with Gasteiger partial charge in [0.15, 0.2) is 0 Å². The Bertz CT molecular complexity index is 647. The van der Waals surface area contributed by atoms with Crippen LogP contribution in [-0.4, -0.2) is 15.0 Å². The van der Waals surface area contributed by atoms with E-state index >= 15 is 0 Å². The third kappa shape index (κ3) is 2.13. The molecule has 0 saturated carbocycles. The van der Waals surface area contributed by atoms with E-state index in [1.165, 1.54) is 0 Å². The Labute approximate surface area is 105 Å². The fraction of sp³-hybridized carbons (Fsp3) is 0.0714. The average molecular weight is 236 g/mol. The van der Waals surface area contributed by atoms with Crippen molar-refractivity contribution >= 4 is 16.7 Å². The quantitative estimate of drug-likeness (QED) is 0.759. The second-order valence-corrected chi connectivity index (χ2v) is 3.91. The maximum Gasteiger partial charge on any atom is 0.137 e. The largest absolute Gasteiger partial charge is 0.364 e. The van der Waals surface area contributed by atoms with Gasteiger partial charge in [-0.3, -0.25) is 4.98 Å². The number of para-hydroxylation sites is 1. The van der Waals surface area contributed by atoms with E-state index in [4.69, 9.17) is 0 Å². The lowest BCUT2D eigenvalue weighted by molar-refractivity contribution is 1.03. The monoisotopic (exact) mass is 236 g/mol. The molecule has 4 nitrogen and oxygen atoms in total. The molecule has 0 atom stereocenters. The summed E-state index contributed by atoms with van der Waals surface area (Å²) in [6.07, 6.45) is 3.36. The van der Waals surface area contributed by atoms with Gasteiger partial charge in [0.2, 0.25) is 0 Å². The maximum atomic E-state index is 4.27. The minimum absolute atomic E-state index is 0.655. The molecule has 2 aromatic heterocycles. The van der Waals surface area contributed by atoms with Crippen molar-refractivity contribution in [3.05, 3.63) is 60.7 Å². The highest BCUT2D eigenvalue weighted by molar-refractivity contribution is 5.88. The Morgan fingerprint density at radius 1 is 0.889 bits per heavy atom. The average Bonchev–Trinajstić information content (AvgIpc) is 2.46. The first-order valence-electron chi connectivity index (χ1n) is 5.77. The van der Waals surface area contributed by atoms with Crippen LogP contribution in [0.1, 0.15) is 5.69 Å². The van der Waals surface area contributed by atoms with Gasteiger partial charge in [0.25, 0.3) is 0 Å². The van der Waals surface area contributed by atoms with Crippen LogP contribution in [0, 0.1) is 0 Å². The van der Waals surface area contributed by atoms with Crippen molar-refractivity contribution in [3.8, 4) is 0 Å². The zero-order chi connectivity index (χ0) is 12.2. The number of fused-ring (bicyclic) bond motifs is 1. The maximum absolute atomic E-state index is 4.27. The van der Waals surface area contributed by atoms with E-state index in [2.05, 4.69) is 20.3 Å². The van der Waals surface area contributed by atoms with Crippen LogP contribution in [0.4, 0.5) is 5.82 Å². The van der Waals surface area contributed by atoms with Gasteiger partial charge in [-0.15, -0.1) is 0 Å². The zero-order valence-corrected chi connectivity index (χ0v) is 9.74. The van der Waals surface area contributed by atoms with Gasteiger partial charge >= 0.3 is 0 Å². The van der Waals surface area contributed by atoms with Gasteiger partial charge in [-0.05, 0) is 24.3 Å². The molecule has 1 N–H and O–H groups in total. The van der Waals surface area contributed by atoms with Crippen LogP contribution in [0.5, 0.6) is 0 Å². The summed E-state index contributed by atoms with van der Waals surface area (Å²) in [5, 5.41) is 4.31. The van der Waals surface area contributed by atoms with E-state index in [9.17, 15) is 0 Å². The number of hydrogen-bond donors (Lipinski definition) is 1. The van der Waals surface area contributed by atoms with Gasteiger partial charge in [0, 0.05) is 11.6 Å². The summed E-state index contributed by atoms with van der Waals surface area (Å²) in [4.78, 5) is 12.8. The molecule has 0 aliphatic heterocycles. The summed E-state index contributed by atoms with van der Waals surface area (Å²) in [5.41, 5.74) is 1.93. The van der Waals surface area contributed by atoms with Crippen LogP contribution in [0.25, 0.3) is 10.9 Å². The third-order valence-electron chi connectivity index (χ3n) is 2.71. The van der Waals surface area contributed by atoms with E-state index in [1.807, 2.05) is 42.5 Å². The molecule has 0 aliphatic rings. The number of hydrogen-bond acceptors (Lipinski definition) is 4. The molecule has 88 valence electrons. The van der Waals surface area contributed by atoms with Crippen LogP contribution in [0.3, 0.4) is 0 Å². The molecule has 0 unspecified atom stereocenters. The predicted molar refractivity (Wildman–Crippen MR) is 71.1 cm³/mol. The Kier molecular flexibility index (Phi) is 2.84. The zero-order valence-electron chi connectivity index (χ0n) is 9.74. The molecule has 0 amide bonds. The molecule has 0 spiro atoms. The predicted octanol–water partition coefficient (Wildman–Crippen LogP) is 2.64. The first kappa shape index (κ1) is 10.7. The highest BCUT2D eigenvalue weighted by Gasteiger charge is 2.02. The molecule has 2 heterocycles. The fourth-order valence-electron chi connectivity index (χ4n) is 1.82. The summed E-state index contributed by atoms with van der Waals surface area (Å²) < 4.78 is 0. The summed E-state index contributed by atoms with van der Waals surface area (Å²) in [7, 11) is 0. The van der Waals surface area contributed by atoms with E-state index in [1.54, 1.807) is 12.5 Å². The number of benzene rings is 1. The molecule has 4 heteroatoms. The van der Waals surface area contributed by atoms with Crippen molar-refractivity contribution in [1.82, 2.24) is 15.0 Å². The highest BCUT2D eigenvalue weighted by Crippen LogP contribution is 2.18. The molecule has 0 saturated heterocycles. The van der Waals surface area contributed by atoms with E-state index in [0.717, 1.165) is 22.4 Å². The summed E-state index contributed by atoms with van der Waals surface area (Å²) in [6, 6.07) is 13.8. The Morgan fingerprint density at radius 3 is 2.67 bits per heavy atom. The molecule has 0 aliphatic carbocycles. The van der Waals surface area contributed by atoms with E-state index in [0.29, 0.717) is 6.54 Å². The summed E-state index contributed by atoms with van der Waals surface area (Å²) in [5.74, 6) is 0.839. The van der Waals surface area contributed by atoms with Gasteiger partial charge in [0.1, 0.15) is 12.1 Å². The van der Waals surface area contributed by atoms with Gasteiger partial charge in [-0.2, -0.15) is 0 Å². The van der Waals surface area contributed by atoms with Gasteiger partial charge in [0.05, 0.1) is 17.8 Å². The second kappa shape index (κ2) is 4.79. The molecule has 0 radical (unpaired) electrons. The summed E-state index contributed by atoms with van der Waals surface area (Å²) >= 11 is 0. The summed E-state index contributed by atoms with van der Waals surface area (Å²) in [6.45, 7) is 0.655. The SMILES string of the molecule is c1ccc(CNc2ncnc3ccccc23)nc1. The molecule has 18 heavy (non-hydrogen) atoms. The third-order valence-corrected chi connectivity index (χ3v) is 2.71. The van der Waals surface area contributed by atoms with Crippen molar-refractivity contribution in [2.45, 2.75) is 6.54 Å². The fourth-order valence-corrected chi connectivity index (χ4v) is 1.82. The molecule has 0 bridgehead atoms. The molecule has 1 aromatic carbocycles. The lowest BCUT2D eigenvalue weighted by Gasteiger charge is -2.07. The minimum atomic E-state index is 0.655. The van der Waals surface area contributed by atoms with Crippen molar-refractivity contribution in [2.24, 2.45) is 0 Å². The van der Waals surface area contributed by atoms with Gasteiger partial charge < -0.3 is 5.32 Å². The number of rotatable bonds is 3. The molecule has 0 fully saturated rings. The Balaban J connectivity index is 1.87. The molecule has 3 aromatic rings. The van der Waals surface area contributed by atoms with Crippen molar-refractivity contribution in [1.29, 1.82) is 0 Å². The van der Waals surface area contributed by atoms with E-state index in [-0.39, 0.29) is 0 Å². The van der Waals surface area contributed by atoms with Gasteiger partial charge in [-0.25, -0.2) is 9.97 Å². The molecular weight excluding hydrogens is 224 g/mol. The molecule has 3 rings (SSSR count). The van der Waals surface area contributed by atoms with Crippen molar-refractivity contribution < 1.29 is 0 Å².